The quantitative estimate of drug-likeness (QED) is 0.791. The third-order valence-electron chi connectivity index (χ3n) is 2.66. The van der Waals surface area contributed by atoms with E-state index in [4.69, 9.17) is 16.4 Å². The normalized spacial score (nSPS) is 9.89. The molecule has 0 unspecified atom stereocenters. The topological polar surface area (TPSA) is 27.1 Å². The minimum atomic E-state index is 0. The predicted octanol–water partition coefficient (Wildman–Crippen LogP) is 2.89. The van der Waals surface area contributed by atoms with E-state index in [0.29, 0.717) is 5.88 Å². The van der Waals surface area contributed by atoms with Crippen LogP contribution in [0.25, 0.3) is 0 Å². The molecular weight excluding hydrogens is 271 g/mol. The SMILES string of the molecule is COn1c(CCl)cnc1CCc1ccccc1.Cl. The Hall–Kier alpha value is -1.19. The van der Waals surface area contributed by atoms with Crippen molar-refractivity contribution in [2.75, 3.05) is 7.11 Å². The van der Waals surface area contributed by atoms with Crippen molar-refractivity contribution in [3.63, 3.8) is 0 Å². The second-order valence-corrected chi connectivity index (χ2v) is 4.03. The van der Waals surface area contributed by atoms with Gasteiger partial charge in [-0.1, -0.05) is 30.3 Å². The number of rotatable bonds is 5. The largest absolute Gasteiger partial charge is 0.416 e. The first kappa shape index (κ1) is 14.9. The summed E-state index contributed by atoms with van der Waals surface area (Å²) >= 11 is 5.80. The van der Waals surface area contributed by atoms with Crippen molar-refractivity contribution in [1.29, 1.82) is 0 Å². The first-order chi connectivity index (χ1) is 8.35. The molecule has 0 saturated heterocycles. The Kier molecular flexibility index (Phi) is 6.02. The van der Waals surface area contributed by atoms with Gasteiger partial charge in [0.2, 0.25) is 0 Å². The first-order valence-electron chi connectivity index (χ1n) is 5.55. The number of hydrogen-bond acceptors (Lipinski definition) is 2. The molecule has 2 rings (SSSR count). The zero-order chi connectivity index (χ0) is 12.1. The number of imidazole rings is 1. The van der Waals surface area contributed by atoms with Gasteiger partial charge in [0.25, 0.3) is 0 Å². The van der Waals surface area contributed by atoms with Crippen molar-refractivity contribution < 1.29 is 4.84 Å². The summed E-state index contributed by atoms with van der Waals surface area (Å²) in [7, 11) is 1.63. The van der Waals surface area contributed by atoms with Crippen LogP contribution in [0.1, 0.15) is 17.1 Å². The molecule has 0 N–H and O–H groups in total. The maximum atomic E-state index is 5.80. The molecule has 0 aliphatic rings. The summed E-state index contributed by atoms with van der Waals surface area (Å²) in [6.45, 7) is 0. The molecule has 18 heavy (non-hydrogen) atoms. The molecule has 0 aliphatic heterocycles. The van der Waals surface area contributed by atoms with Crippen molar-refractivity contribution in [2.45, 2.75) is 18.7 Å². The zero-order valence-electron chi connectivity index (χ0n) is 10.2. The molecule has 0 atom stereocenters. The second-order valence-electron chi connectivity index (χ2n) is 3.76. The van der Waals surface area contributed by atoms with Gasteiger partial charge in [-0.15, -0.1) is 24.0 Å². The molecule has 0 spiro atoms. The lowest BCUT2D eigenvalue weighted by Crippen LogP contribution is -2.13. The Labute approximate surface area is 118 Å². The fourth-order valence-electron chi connectivity index (χ4n) is 1.80. The third-order valence-corrected chi connectivity index (χ3v) is 2.93. The van der Waals surface area contributed by atoms with Crippen LogP contribution in [0.4, 0.5) is 0 Å². The molecular formula is C13H16Cl2N2O. The average molecular weight is 287 g/mol. The van der Waals surface area contributed by atoms with Gasteiger partial charge < -0.3 is 4.84 Å². The molecule has 2 aromatic rings. The van der Waals surface area contributed by atoms with Crippen molar-refractivity contribution in [1.82, 2.24) is 9.71 Å². The van der Waals surface area contributed by atoms with Crippen LogP contribution in [0.15, 0.2) is 36.5 Å². The van der Waals surface area contributed by atoms with Crippen molar-refractivity contribution >= 4 is 24.0 Å². The first-order valence-corrected chi connectivity index (χ1v) is 6.08. The van der Waals surface area contributed by atoms with E-state index in [-0.39, 0.29) is 12.4 Å². The molecule has 0 fully saturated rings. The summed E-state index contributed by atoms with van der Waals surface area (Å²) in [5.41, 5.74) is 2.18. The van der Waals surface area contributed by atoms with Crippen LogP contribution < -0.4 is 4.84 Å². The van der Waals surface area contributed by atoms with E-state index in [1.165, 1.54) is 5.56 Å². The predicted molar refractivity (Wildman–Crippen MR) is 75.4 cm³/mol. The van der Waals surface area contributed by atoms with Crippen LogP contribution in [-0.4, -0.2) is 16.8 Å². The number of aromatic nitrogens is 2. The van der Waals surface area contributed by atoms with E-state index in [9.17, 15) is 0 Å². The van der Waals surface area contributed by atoms with Crippen molar-refractivity contribution in [3.8, 4) is 0 Å². The monoisotopic (exact) mass is 286 g/mol. The molecule has 0 bridgehead atoms. The average Bonchev–Trinajstić information content (AvgIpc) is 2.79. The fourth-order valence-corrected chi connectivity index (χ4v) is 1.98. The molecule has 0 radical (unpaired) electrons. The van der Waals surface area contributed by atoms with Gasteiger partial charge >= 0.3 is 0 Å². The smallest absolute Gasteiger partial charge is 0.145 e. The van der Waals surface area contributed by atoms with Crippen LogP contribution in [-0.2, 0) is 18.7 Å². The van der Waals surface area contributed by atoms with Gasteiger partial charge in [0.15, 0.2) is 0 Å². The fraction of sp³-hybridized carbons (Fsp3) is 0.308. The summed E-state index contributed by atoms with van der Waals surface area (Å²) in [5, 5.41) is 0. The Balaban J connectivity index is 0.00000162. The lowest BCUT2D eigenvalue weighted by Gasteiger charge is -2.08. The highest BCUT2D eigenvalue weighted by Gasteiger charge is 2.09. The highest BCUT2D eigenvalue weighted by Crippen LogP contribution is 2.10. The molecule has 98 valence electrons. The summed E-state index contributed by atoms with van der Waals surface area (Å²) < 4.78 is 1.70. The minimum absolute atomic E-state index is 0. The van der Waals surface area contributed by atoms with E-state index >= 15 is 0 Å². The Morgan fingerprint density at radius 3 is 2.56 bits per heavy atom. The lowest BCUT2D eigenvalue weighted by atomic mass is 10.1. The number of benzene rings is 1. The summed E-state index contributed by atoms with van der Waals surface area (Å²) in [6, 6.07) is 10.3. The number of halogens is 2. The number of nitrogens with zero attached hydrogens (tertiary/aromatic N) is 2. The molecule has 5 heteroatoms. The van der Waals surface area contributed by atoms with Crippen LogP contribution >= 0.6 is 24.0 Å². The number of alkyl halides is 1. The maximum absolute atomic E-state index is 5.80. The molecule has 1 aromatic heterocycles. The van der Waals surface area contributed by atoms with Crippen molar-refractivity contribution in [2.24, 2.45) is 0 Å². The highest BCUT2D eigenvalue weighted by atomic mass is 35.5. The molecule has 3 nitrogen and oxygen atoms in total. The Morgan fingerprint density at radius 2 is 1.94 bits per heavy atom. The van der Waals surface area contributed by atoms with Crippen LogP contribution in [0.3, 0.4) is 0 Å². The number of aryl methyl sites for hydroxylation is 2. The molecule has 0 amide bonds. The van der Waals surface area contributed by atoms with Gasteiger partial charge in [-0.3, -0.25) is 0 Å². The van der Waals surface area contributed by atoms with Crippen LogP contribution in [0, 0.1) is 0 Å². The van der Waals surface area contributed by atoms with Gasteiger partial charge in [0.05, 0.1) is 17.8 Å². The zero-order valence-corrected chi connectivity index (χ0v) is 11.7. The van der Waals surface area contributed by atoms with Crippen LogP contribution in [0.5, 0.6) is 0 Å². The molecule has 1 heterocycles. The lowest BCUT2D eigenvalue weighted by molar-refractivity contribution is 0.152. The van der Waals surface area contributed by atoms with Gasteiger partial charge in [0.1, 0.15) is 12.9 Å². The molecule has 0 saturated carbocycles. The van der Waals surface area contributed by atoms with E-state index in [0.717, 1.165) is 24.4 Å². The van der Waals surface area contributed by atoms with E-state index in [1.54, 1.807) is 18.0 Å². The van der Waals surface area contributed by atoms with Crippen molar-refractivity contribution in [3.05, 3.63) is 53.6 Å². The second kappa shape index (κ2) is 7.29. The minimum Gasteiger partial charge on any atom is -0.416 e. The van der Waals surface area contributed by atoms with Crippen LogP contribution in [0.2, 0.25) is 0 Å². The summed E-state index contributed by atoms with van der Waals surface area (Å²) in [4.78, 5) is 9.59. The molecule has 1 aromatic carbocycles. The Morgan fingerprint density at radius 1 is 1.22 bits per heavy atom. The summed E-state index contributed by atoms with van der Waals surface area (Å²) in [6.07, 6.45) is 3.55. The Bertz CT molecular complexity index is 471. The van der Waals surface area contributed by atoms with E-state index in [2.05, 4.69) is 17.1 Å². The number of hydrogen-bond donors (Lipinski definition) is 0. The standard InChI is InChI=1S/C13H15ClN2O.ClH/c1-17-16-12(9-14)10-15-13(16)8-7-11-5-3-2-4-6-11;/h2-6,10H,7-9H2,1H3;1H. The summed E-state index contributed by atoms with van der Waals surface area (Å²) in [5.74, 6) is 1.32. The van der Waals surface area contributed by atoms with Gasteiger partial charge in [-0.25, -0.2) is 4.98 Å². The highest BCUT2D eigenvalue weighted by molar-refractivity contribution is 6.16. The third kappa shape index (κ3) is 3.40. The maximum Gasteiger partial charge on any atom is 0.145 e. The van der Waals surface area contributed by atoms with E-state index in [1.807, 2.05) is 18.2 Å². The van der Waals surface area contributed by atoms with Gasteiger partial charge in [0, 0.05) is 6.42 Å². The van der Waals surface area contributed by atoms with E-state index < -0.39 is 0 Å². The molecule has 0 aliphatic carbocycles. The van der Waals surface area contributed by atoms with Gasteiger partial charge in [-0.05, 0) is 12.0 Å². The van der Waals surface area contributed by atoms with Gasteiger partial charge in [-0.2, -0.15) is 4.73 Å².